The molecule has 1 saturated heterocycles. The largest absolute Gasteiger partial charge is 0.353 e. The van der Waals surface area contributed by atoms with Gasteiger partial charge in [-0.15, -0.1) is 0 Å². The minimum Gasteiger partial charge on any atom is -0.353 e. The van der Waals surface area contributed by atoms with Crippen LogP contribution in [0.2, 0.25) is 0 Å². The van der Waals surface area contributed by atoms with Gasteiger partial charge in [0.15, 0.2) is 5.16 Å². The molecule has 0 radical (unpaired) electrons. The molecule has 0 N–H and O–H groups in total. The molecule has 0 atom stereocenters. The van der Waals surface area contributed by atoms with E-state index in [2.05, 4.69) is 38.7 Å². The number of rotatable bonds is 5. The van der Waals surface area contributed by atoms with E-state index in [4.69, 9.17) is 4.98 Å². The van der Waals surface area contributed by atoms with Crippen LogP contribution in [0.4, 0.5) is 5.82 Å². The van der Waals surface area contributed by atoms with Crippen LogP contribution in [-0.4, -0.2) is 57.3 Å². The van der Waals surface area contributed by atoms with Gasteiger partial charge in [0.2, 0.25) is 5.91 Å². The van der Waals surface area contributed by atoms with Crippen molar-refractivity contribution in [2.45, 2.75) is 30.8 Å². The topological polar surface area (TPSA) is 54.3 Å². The summed E-state index contributed by atoms with van der Waals surface area (Å²) in [4.78, 5) is 26.5. The third kappa shape index (κ3) is 4.32. The summed E-state index contributed by atoms with van der Waals surface area (Å²) in [6.45, 7) is 3.11. The molecule has 1 fully saturated rings. The Morgan fingerprint density at radius 3 is 2.48 bits per heavy atom. The molecule has 6 nitrogen and oxygen atoms in total. The van der Waals surface area contributed by atoms with E-state index in [-0.39, 0.29) is 5.91 Å². The van der Waals surface area contributed by atoms with Crippen LogP contribution in [0, 0.1) is 0 Å². The molecular weight excluding hydrogens is 406 g/mol. The number of piperazine rings is 1. The average Bonchev–Trinajstić information content (AvgIpc) is 3.22. The minimum absolute atomic E-state index is 0.186. The molecule has 1 aliphatic carbocycles. The number of hydrogen-bond donors (Lipinski definition) is 0. The van der Waals surface area contributed by atoms with Crippen molar-refractivity contribution in [3.05, 3.63) is 66.1 Å². The van der Waals surface area contributed by atoms with Crippen LogP contribution in [0.25, 0.3) is 5.69 Å². The van der Waals surface area contributed by atoms with Gasteiger partial charge in [0.05, 0.1) is 11.4 Å². The lowest BCUT2D eigenvalue weighted by atomic mass is 10.0. The van der Waals surface area contributed by atoms with E-state index < -0.39 is 0 Å². The van der Waals surface area contributed by atoms with E-state index in [1.54, 1.807) is 11.8 Å². The van der Waals surface area contributed by atoms with Gasteiger partial charge in [-0.1, -0.05) is 36.0 Å². The van der Waals surface area contributed by atoms with E-state index >= 15 is 0 Å². The molecule has 7 heteroatoms. The number of thioether (sulfide) groups is 1. The number of hydrogen-bond acceptors (Lipinski definition) is 5. The van der Waals surface area contributed by atoms with Gasteiger partial charge < -0.3 is 9.80 Å². The normalized spacial score (nSPS) is 16.3. The molecule has 2 aliphatic rings. The first-order valence-electron chi connectivity index (χ1n) is 11.0. The molecule has 5 rings (SSSR count). The number of nitrogens with zero attached hydrogens (tertiary/aromatic N) is 5. The summed E-state index contributed by atoms with van der Waals surface area (Å²) in [5, 5.41) is 0.943. The Morgan fingerprint density at radius 2 is 1.71 bits per heavy atom. The fraction of sp³-hybridized carbons (Fsp3) is 0.375. The number of imidazole rings is 1. The number of para-hydroxylation sites is 1. The van der Waals surface area contributed by atoms with Gasteiger partial charge in [-0.2, -0.15) is 0 Å². The van der Waals surface area contributed by atoms with E-state index in [1.807, 2.05) is 35.4 Å². The maximum absolute atomic E-state index is 12.9. The average molecular weight is 434 g/mol. The minimum atomic E-state index is 0.186. The second kappa shape index (κ2) is 9.14. The van der Waals surface area contributed by atoms with Gasteiger partial charge in [0.25, 0.3) is 0 Å². The fourth-order valence-electron chi connectivity index (χ4n) is 4.40. The third-order valence-corrected chi connectivity index (χ3v) is 6.97. The lowest BCUT2D eigenvalue weighted by molar-refractivity contribution is -0.128. The zero-order valence-corrected chi connectivity index (χ0v) is 18.4. The lowest BCUT2D eigenvalue weighted by Gasteiger charge is -2.35. The summed E-state index contributed by atoms with van der Waals surface area (Å²) in [7, 11) is 0. The van der Waals surface area contributed by atoms with Crippen molar-refractivity contribution in [2.24, 2.45) is 0 Å². The predicted molar refractivity (Wildman–Crippen MR) is 124 cm³/mol. The van der Waals surface area contributed by atoms with Crippen LogP contribution in [0.1, 0.15) is 24.2 Å². The molecule has 160 valence electrons. The molecule has 0 unspecified atom stereocenters. The first-order valence-corrected chi connectivity index (χ1v) is 12.0. The number of anilines is 1. The maximum atomic E-state index is 12.9. The van der Waals surface area contributed by atoms with Crippen molar-refractivity contribution in [1.29, 1.82) is 0 Å². The van der Waals surface area contributed by atoms with Crippen LogP contribution in [0.5, 0.6) is 0 Å². The van der Waals surface area contributed by atoms with Crippen molar-refractivity contribution < 1.29 is 4.79 Å². The van der Waals surface area contributed by atoms with Crippen molar-refractivity contribution in [1.82, 2.24) is 19.4 Å². The van der Waals surface area contributed by atoms with Gasteiger partial charge in [-0.25, -0.2) is 9.97 Å². The summed E-state index contributed by atoms with van der Waals surface area (Å²) >= 11 is 1.57. The van der Waals surface area contributed by atoms with Crippen molar-refractivity contribution in [2.75, 3.05) is 36.8 Å². The molecule has 31 heavy (non-hydrogen) atoms. The highest BCUT2D eigenvalue weighted by Crippen LogP contribution is 2.30. The molecule has 0 saturated carbocycles. The number of benzene rings is 1. The number of aryl methyl sites for hydroxylation is 1. The number of carbonyl (C=O) groups excluding carboxylic acids is 1. The molecule has 1 aliphatic heterocycles. The Balaban J connectivity index is 1.25. The third-order valence-electron chi connectivity index (χ3n) is 6.05. The standard InChI is InChI=1S/C24H27N5OS/c30-23(28-16-14-27(15-17-28)22-12-6-7-13-25-22)18-31-24-26-20-10-4-5-11-21(20)29(24)19-8-2-1-3-9-19/h1-3,6-9,12-13H,4-5,10-11,14-18H2. The molecule has 0 spiro atoms. The fourth-order valence-corrected chi connectivity index (χ4v) is 5.35. The number of fused-ring (bicyclic) bond motifs is 1. The van der Waals surface area contributed by atoms with Crippen LogP contribution < -0.4 is 4.90 Å². The lowest BCUT2D eigenvalue weighted by Crippen LogP contribution is -2.49. The summed E-state index contributed by atoms with van der Waals surface area (Å²) in [5.41, 5.74) is 3.66. The molecule has 0 bridgehead atoms. The van der Waals surface area contributed by atoms with Crippen LogP contribution >= 0.6 is 11.8 Å². The van der Waals surface area contributed by atoms with Crippen LogP contribution in [-0.2, 0) is 17.6 Å². The van der Waals surface area contributed by atoms with Gasteiger partial charge >= 0.3 is 0 Å². The highest BCUT2D eigenvalue weighted by Gasteiger charge is 2.25. The Labute approximate surface area is 187 Å². The number of pyridine rings is 1. The highest BCUT2D eigenvalue weighted by molar-refractivity contribution is 7.99. The van der Waals surface area contributed by atoms with Crippen molar-refractivity contribution >= 4 is 23.5 Å². The van der Waals surface area contributed by atoms with Crippen LogP contribution in [0.15, 0.2) is 59.9 Å². The van der Waals surface area contributed by atoms with E-state index in [0.29, 0.717) is 5.75 Å². The second-order valence-electron chi connectivity index (χ2n) is 8.01. The Hall–Kier alpha value is -2.80. The maximum Gasteiger partial charge on any atom is 0.233 e. The molecule has 3 aromatic rings. The number of carbonyl (C=O) groups is 1. The van der Waals surface area contributed by atoms with Crippen molar-refractivity contribution in [3.63, 3.8) is 0 Å². The summed E-state index contributed by atoms with van der Waals surface area (Å²) < 4.78 is 2.27. The molecule has 1 aromatic carbocycles. The first kappa shape index (κ1) is 20.1. The zero-order chi connectivity index (χ0) is 21.0. The van der Waals surface area contributed by atoms with Crippen molar-refractivity contribution in [3.8, 4) is 5.69 Å². The predicted octanol–water partition coefficient (Wildman–Crippen LogP) is 3.59. The zero-order valence-electron chi connectivity index (χ0n) is 17.6. The quantitative estimate of drug-likeness (QED) is 0.576. The van der Waals surface area contributed by atoms with Crippen LogP contribution in [0.3, 0.4) is 0 Å². The van der Waals surface area contributed by atoms with E-state index in [9.17, 15) is 4.79 Å². The smallest absolute Gasteiger partial charge is 0.233 e. The van der Waals surface area contributed by atoms with E-state index in [1.165, 1.54) is 24.2 Å². The van der Waals surface area contributed by atoms with E-state index in [0.717, 1.165) is 55.7 Å². The number of aromatic nitrogens is 3. The Kier molecular flexibility index (Phi) is 5.93. The van der Waals surface area contributed by atoms with Gasteiger partial charge in [-0.05, 0) is 49.9 Å². The van der Waals surface area contributed by atoms with Gasteiger partial charge in [0, 0.05) is 43.8 Å². The van der Waals surface area contributed by atoms with Gasteiger partial charge in [0.1, 0.15) is 5.82 Å². The molecule has 1 amide bonds. The Morgan fingerprint density at radius 1 is 0.935 bits per heavy atom. The molecular formula is C24H27N5OS. The second-order valence-corrected chi connectivity index (χ2v) is 8.95. The first-order chi connectivity index (χ1) is 15.3. The summed E-state index contributed by atoms with van der Waals surface area (Å²) in [6, 6.07) is 16.4. The molecule has 3 heterocycles. The van der Waals surface area contributed by atoms with Gasteiger partial charge in [-0.3, -0.25) is 9.36 Å². The summed E-state index contributed by atoms with van der Waals surface area (Å²) in [5.74, 6) is 1.59. The monoisotopic (exact) mass is 433 g/mol. The highest BCUT2D eigenvalue weighted by atomic mass is 32.2. The SMILES string of the molecule is O=C(CSc1nc2c(n1-c1ccccc1)CCCC2)N1CCN(c2ccccn2)CC1. The summed E-state index contributed by atoms with van der Waals surface area (Å²) in [6.07, 6.45) is 6.31. The number of amides is 1. The Bertz CT molecular complexity index is 1030. The molecule has 2 aromatic heterocycles.